The highest BCUT2D eigenvalue weighted by atomic mass is 16.5. The third-order valence-electron chi connectivity index (χ3n) is 4.94. The first kappa shape index (κ1) is 16.8. The van der Waals surface area contributed by atoms with Crippen LogP contribution in [0.3, 0.4) is 0 Å². The standard InChI is InChI=1S/C19H23N5O2/c1-14-4-5-15(11-20-14)19(25)24-9-6-16(12-24)26-18-10-17(21-13-22-18)23-7-2-3-8-23/h4-5,10-11,13,16H,2-3,6-9,12H2,1H3/t16-/m0/s1. The number of hydrogen-bond acceptors (Lipinski definition) is 6. The molecule has 1 amide bonds. The Labute approximate surface area is 153 Å². The molecule has 1 atom stereocenters. The molecule has 2 aromatic heterocycles. The van der Waals surface area contributed by atoms with Crippen LogP contribution in [-0.2, 0) is 0 Å². The number of carbonyl (C=O) groups is 1. The fourth-order valence-electron chi connectivity index (χ4n) is 3.47. The van der Waals surface area contributed by atoms with Crippen LogP contribution in [0.1, 0.15) is 35.3 Å². The van der Waals surface area contributed by atoms with Gasteiger partial charge < -0.3 is 14.5 Å². The predicted octanol–water partition coefficient (Wildman–Crippen LogP) is 2.07. The summed E-state index contributed by atoms with van der Waals surface area (Å²) in [4.78, 5) is 29.4. The van der Waals surface area contributed by atoms with Crippen LogP contribution in [-0.4, -0.2) is 58.0 Å². The molecule has 0 aromatic carbocycles. The van der Waals surface area contributed by atoms with Crippen molar-refractivity contribution in [2.45, 2.75) is 32.3 Å². The van der Waals surface area contributed by atoms with Gasteiger partial charge in [0.1, 0.15) is 18.2 Å². The summed E-state index contributed by atoms with van der Waals surface area (Å²) >= 11 is 0. The Balaban J connectivity index is 1.37. The van der Waals surface area contributed by atoms with Crippen molar-refractivity contribution in [1.29, 1.82) is 0 Å². The fourth-order valence-corrected chi connectivity index (χ4v) is 3.47. The van der Waals surface area contributed by atoms with Gasteiger partial charge in [-0.1, -0.05) is 0 Å². The van der Waals surface area contributed by atoms with Crippen molar-refractivity contribution in [3.8, 4) is 5.88 Å². The molecule has 0 bridgehead atoms. The van der Waals surface area contributed by atoms with Crippen LogP contribution < -0.4 is 9.64 Å². The first-order valence-corrected chi connectivity index (χ1v) is 9.14. The Morgan fingerprint density at radius 3 is 2.77 bits per heavy atom. The number of aromatic nitrogens is 3. The van der Waals surface area contributed by atoms with Crippen LogP contribution in [0.2, 0.25) is 0 Å². The maximum absolute atomic E-state index is 12.6. The van der Waals surface area contributed by atoms with Gasteiger partial charge in [-0.3, -0.25) is 9.78 Å². The van der Waals surface area contributed by atoms with E-state index in [2.05, 4.69) is 19.9 Å². The average Bonchev–Trinajstić information content (AvgIpc) is 3.34. The average molecular weight is 353 g/mol. The molecule has 136 valence electrons. The number of amides is 1. The SMILES string of the molecule is Cc1ccc(C(=O)N2CC[C@H](Oc3cc(N4CCCC4)ncn3)C2)cn1. The molecule has 7 heteroatoms. The summed E-state index contributed by atoms with van der Waals surface area (Å²) in [5, 5.41) is 0. The van der Waals surface area contributed by atoms with E-state index >= 15 is 0 Å². The zero-order valence-corrected chi connectivity index (χ0v) is 15.0. The van der Waals surface area contributed by atoms with Gasteiger partial charge in [-0.15, -0.1) is 0 Å². The third-order valence-corrected chi connectivity index (χ3v) is 4.94. The van der Waals surface area contributed by atoms with Gasteiger partial charge >= 0.3 is 0 Å². The monoisotopic (exact) mass is 353 g/mol. The summed E-state index contributed by atoms with van der Waals surface area (Å²) in [6, 6.07) is 5.59. The van der Waals surface area contributed by atoms with Crippen molar-refractivity contribution in [3.63, 3.8) is 0 Å². The molecule has 0 aliphatic carbocycles. The van der Waals surface area contributed by atoms with Gasteiger partial charge in [-0.05, 0) is 31.9 Å². The molecule has 7 nitrogen and oxygen atoms in total. The van der Waals surface area contributed by atoms with Crippen molar-refractivity contribution in [2.24, 2.45) is 0 Å². The number of nitrogens with zero attached hydrogens (tertiary/aromatic N) is 5. The lowest BCUT2D eigenvalue weighted by molar-refractivity contribution is 0.0770. The molecule has 0 radical (unpaired) electrons. The molecule has 4 rings (SSSR count). The second-order valence-electron chi connectivity index (χ2n) is 6.88. The molecule has 2 fully saturated rings. The number of carbonyl (C=O) groups excluding carboxylic acids is 1. The fraction of sp³-hybridized carbons (Fsp3) is 0.474. The van der Waals surface area contributed by atoms with Gasteiger partial charge in [0.2, 0.25) is 5.88 Å². The second-order valence-corrected chi connectivity index (χ2v) is 6.88. The van der Waals surface area contributed by atoms with Crippen LogP contribution in [0.25, 0.3) is 0 Å². The van der Waals surface area contributed by atoms with Crippen LogP contribution in [0.15, 0.2) is 30.7 Å². The Morgan fingerprint density at radius 2 is 2.00 bits per heavy atom. The lowest BCUT2D eigenvalue weighted by atomic mass is 10.2. The molecule has 26 heavy (non-hydrogen) atoms. The van der Waals surface area contributed by atoms with Gasteiger partial charge in [-0.2, -0.15) is 0 Å². The van der Waals surface area contributed by atoms with E-state index in [0.29, 0.717) is 24.5 Å². The molecule has 2 aliphatic heterocycles. The molecule has 0 spiro atoms. The van der Waals surface area contributed by atoms with Crippen LogP contribution in [0.4, 0.5) is 5.82 Å². The molecule has 2 aliphatic rings. The van der Waals surface area contributed by atoms with E-state index in [1.54, 1.807) is 12.5 Å². The lowest BCUT2D eigenvalue weighted by Crippen LogP contribution is -2.31. The highest BCUT2D eigenvalue weighted by Crippen LogP contribution is 2.23. The summed E-state index contributed by atoms with van der Waals surface area (Å²) in [5.74, 6) is 1.51. The number of rotatable bonds is 4. The van der Waals surface area contributed by atoms with E-state index in [1.807, 2.05) is 30.0 Å². The van der Waals surface area contributed by atoms with Crippen molar-refractivity contribution in [1.82, 2.24) is 19.9 Å². The number of hydrogen-bond donors (Lipinski definition) is 0. The number of likely N-dealkylation sites (tertiary alicyclic amines) is 1. The third kappa shape index (κ3) is 3.61. The van der Waals surface area contributed by atoms with E-state index in [1.165, 1.54) is 12.8 Å². The first-order chi connectivity index (χ1) is 12.7. The van der Waals surface area contributed by atoms with Gasteiger partial charge in [0.15, 0.2) is 0 Å². The van der Waals surface area contributed by atoms with Crippen LogP contribution in [0, 0.1) is 6.92 Å². The maximum atomic E-state index is 12.6. The quantitative estimate of drug-likeness (QED) is 0.838. The van der Waals surface area contributed by atoms with Crippen molar-refractivity contribution >= 4 is 11.7 Å². The number of anilines is 1. The first-order valence-electron chi connectivity index (χ1n) is 9.14. The summed E-state index contributed by atoms with van der Waals surface area (Å²) in [6.45, 7) is 5.23. The van der Waals surface area contributed by atoms with E-state index in [0.717, 1.165) is 31.0 Å². The Bertz CT molecular complexity index is 774. The highest BCUT2D eigenvalue weighted by molar-refractivity contribution is 5.94. The van der Waals surface area contributed by atoms with E-state index < -0.39 is 0 Å². The Hall–Kier alpha value is -2.70. The predicted molar refractivity (Wildman–Crippen MR) is 97.4 cm³/mol. The van der Waals surface area contributed by atoms with Crippen LogP contribution in [0.5, 0.6) is 5.88 Å². The van der Waals surface area contributed by atoms with E-state index in [4.69, 9.17) is 4.74 Å². The summed E-state index contributed by atoms with van der Waals surface area (Å²) in [6.07, 6.45) is 6.35. The Kier molecular flexibility index (Phi) is 4.69. The van der Waals surface area contributed by atoms with E-state index in [-0.39, 0.29) is 12.0 Å². The molecule has 0 unspecified atom stereocenters. The zero-order chi connectivity index (χ0) is 17.9. The zero-order valence-electron chi connectivity index (χ0n) is 15.0. The molecule has 0 saturated carbocycles. The van der Waals surface area contributed by atoms with Crippen molar-refractivity contribution in [3.05, 3.63) is 42.0 Å². The van der Waals surface area contributed by atoms with Gasteiger partial charge in [0.25, 0.3) is 5.91 Å². The summed E-state index contributed by atoms with van der Waals surface area (Å²) in [7, 11) is 0. The Morgan fingerprint density at radius 1 is 1.15 bits per heavy atom. The summed E-state index contributed by atoms with van der Waals surface area (Å²) in [5.41, 5.74) is 1.52. The molecule has 4 heterocycles. The number of aryl methyl sites for hydroxylation is 1. The summed E-state index contributed by atoms with van der Waals surface area (Å²) < 4.78 is 6.02. The van der Waals surface area contributed by atoms with Gasteiger partial charge in [0.05, 0.1) is 12.1 Å². The minimum atomic E-state index is -0.0429. The molecule has 2 saturated heterocycles. The molecular formula is C19H23N5O2. The molecule has 2 aromatic rings. The topological polar surface area (TPSA) is 71.5 Å². The highest BCUT2D eigenvalue weighted by Gasteiger charge is 2.29. The number of ether oxygens (including phenoxy) is 1. The smallest absolute Gasteiger partial charge is 0.255 e. The van der Waals surface area contributed by atoms with Crippen molar-refractivity contribution in [2.75, 3.05) is 31.1 Å². The van der Waals surface area contributed by atoms with E-state index in [9.17, 15) is 4.79 Å². The van der Waals surface area contributed by atoms with Gasteiger partial charge in [0, 0.05) is 44.0 Å². The molecule has 0 N–H and O–H groups in total. The second kappa shape index (κ2) is 7.27. The molecular weight excluding hydrogens is 330 g/mol. The lowest BCUT2D eigenvalue weighted by Gasteiger charge is -2.19. The minimum Gasteiger partial charge on any atom is -0.472 e. The maximum Gasteiger partial charge on any atom is 0.255 e. The number of pyridine rings is 1. The minimum absolute atomic E-state index is 0.00374. The van der Waals surface area contributed by atoms with Crippen molar-refractivity contribution < 1.29 is 9.53 Å². The largest absolute Gasteiger partial charge is 0.472 e. The van der Waals surface area contributed by atoms with Crippen LogP contribution >= 0.6 is 0 Å². The van der Waals surface area contributed by atoms with Gasteiger partial charge in [-0.25, -0.2) is 9.97 Å². The normalized spacial score (nSPS) is 19.8.